The Kier molecular flexibility index (Phi) is 13.2. The van der Waals surface area contributed by atoms with Gasteiger partial charge in [-0.3, -0.25) is 0 Å². The molecule has 16 rings (SSSR count). The molecule has 4 heteroatoms. The SMILES string of the molecule is CC(C)c1ccccc1-n1c2ccccc2c2cc(N(c3cccc4c3CCCC4)c3cc(C(C)C)c4ccc5c(N(c6ccc7c(c6)c6ccccc6n7-c6ccccc6C(C)C)c6cccc7c6CCCC7)cc(C(C)C)c6ccc3c4c65)ccc21. The molecule has 0 bridgehead atoms. The van der Waals surface area contributed by atoms with E-state index in [0.29, 0.717) is 11.8 Å². The normalized spacial score (nSPS) is 13.7. The van der Waals surface area contributed by atoms with Crippen molar-refractivity contribution in [3.05, 3.63) is 251 Å². The number of benzene rings is 12. The third kappa shape index (κ3) is 8.45. The first-order chi connectivity index (χ1) is 43.0. The van der Waals surface area contributed by atoms with Gasteiger partial charge in [0.2, 0.25) is 0 Å². The van der Waals surface area contributed by atoms with Gasteiger partial charge in [0.15, 0.2) is 0 Å². The minimum absolute atomic E-state index is 0.258. The molecule has 0 N–H and O–H groups in total. The van der Waals surface area contributed by atoms with Crippen LogP contribution in [0.25, 0.3) is 87.3 Å². The molecule has 0 fully saturated rings. The van der Waals surface area contributed by atoms with Crippen molar-refractivity contribution in [1.82, 2.24) is 9.13 Å². The Morgan fingerprint density at radius 2 is 0.659 bits per heavy atom. The lowest BCUT2D eigenvalue weighted by molar-refractivity contribution is 0.686. The van der Waals surface area contributed by atoms with Gasteiger partial charge in [0.05, 0.1) is 33.4 Å². The third-order valence-corrected chi connectivity index (χ3v) is 20.3. The van der Waals surface area contributed by atoms with E-state index in [0.717, 1.165) is 25.7 Å². The van der Waals surface area contributed by atoms with Crippen molar-refractivity contribution in [2.45, 2.75) is 130 Å². The van der Waals surface area contributed by atoms with Gasteiger partial charge in [0.25, 0.3) is 0 Å². The van der Waals surface area contributed by atoms with Gasteiger partial charge in [-0.05, 0) is 226 Å². The van der Waals surface area contributed by atoms with Crippen LogP contribution in [0.2, 0.25) is 0 Å². The highest BCUT2D eigenvalue weighted by Crippen LogP contribution is 2.54. The van der Waals surface area contributed by atoms with Crippen LogP contribution in [-0.4, -0.2) is 9.13 Å². The lowest BCUT2D eigenvalue weighted by atomic mass is 9.83. The summed E-state index contributed by atoms with van der Waals surface area (Å²) in [7, 11) is 0. The van der Waals surface area contributed by atoms with E-state index < -0.39 is 0 Å². The fourth-order valence-electron chi connectivity index (χ4n) is 16.2. The summed E-state index contributed by atoms with van der Waals surface area (Å²) in [5.74, 6) is 1.26. The lowest BCUT2D eigenvalue weighted by Gasteiger charge is -2.34. The quantitative estimate of drug-likeness (QED) is 0.113. The minimum atomic E-state index is 0.258. The molecule has 0 amide bonds. The number of aryl methyl sites for hydroxylation is 2. The summed E-state index contributed by atoms with van der Waals surface area (Å²) in [6.07, 6.45) is 9.18. The zero-order valence-electron chi connectivity index (χ0n) is 52.4. The van der Waals surface area contributed by atoms with Gasteiger partial charge < -0.3 is 18.9 Å². The van der Waals surface area contributed by atoms with Crippen molar-refractivity contribution in [2.75, 3.05) is 9.80 Å². The Bertz CT molecular complexity index is 4760. The van der Waals surface area contributed by atoms with Gasteiger partial charge in [-0.15, -0.1) is 0 Å². The fourth-order valence-corrected chi connectivity index (χ4v) is 16.2. The predicted molar refractivity (Wildman–Crippen MR) is 378 cm³/mol. The highest BCUT2D eigenvalue weighted by Gasteiger charge is 2.31. The maximum atomic E-state index is 2.69. The zero-order valence-corrected chi connectivity index (χ0v) is 52.4. The van der Waals surface area contributed by atoms with Gasteiger partial charge >= 0.3 is 0 Å². The Morgan fingerprint density at radius 3 is 1.09 bits per heavy atom. The molecule has 0 unspecified atom stereocenters. The third-order valence-electron chi connectivity index (χ3n) is 20.3. The van der Waals surface area contributed by atoms with Crippen molar-refractivity contribution in [1.29, 1.82) is 0 Å². The maximum absolute atomic E-state index is 2.69. The Morgan fingerprint density at radius 1 is 0.284 bits per heavy atom. The monoisotopic (exact) mass is 1140 g/mol. The van der Waals surface area contributed by atoms with Crippen LogP contribution in [0.1, 0.15) is 149 Å². The summed E-state index contributed by atoms with van der Waals surface area (Å²) < 4.78 is 5.04. The summed E-state index contributed by atoms with van der Waals surface area (Å²) in [5.41, 5.74) is 26.2. The van der Waals surface area contributed by atoms with Crippen LogP contribution in [-0.2, 0) is 25.7 Å². The Labute approximate surface area is 518 Å². The van der Waals surface area contributed by atoms with Crippen molar-refractivity contribution in [3.63, 3.8) is 0 Å². The number of nitrogens with zero attached hydrogens (tertiary/aromatic N) is 4. The number of fused-ring (bicyclic) bond motifs is 8. The highest BCUT2D eigenvalue weighted by molar-refractivity contribution is 6.30. The van der Waals surface area contributed by atoms with Crippen LogP contribution >= 0.6 is 0 Å². The van der Waals surface area contributed by atoms with Crippen LogP contribution < -0.4 is 9.80 Å². The lowest BCUT2D eigenvalue weighted by Crippen LogP contribution is -2.17. The molecular weight excluding hydrogens is 1060 g/mol. The summed E-state index contributed by atoms with van der Waals surface area (Å²) in [6, 6.07) is 80.3. The van der Waals surface area contributed by atoms with E-state index in [9.17, 15) is 0 Å². The number of rotatable bonds is 12. The number of hydrogen-bond acceptors (Lipinski definition) is 2. The smallest absolute Gasteiger partial charge is 0.0543 e. The van der Waals surface area contributed by atoms with Crippen LogP contribution in [0.15, 0.2) is 206 Å². The van der Waals surface area contributed by atoms with Crippen molar-refractivity contribution in [3.8, 4) is 11.4 Å². The average molecular weight is 1140 g/mol. The van der Waals surface area contributed by atoms with E-state index in [1.165, 1.54) is 192 Å². The molecule has 2 aromatic heterocycles. The van der Waals surface area contributed by atoms with E-state index in [1.807, 2.05) is 0 Å². The fraction of sp³-hybridized carbons (Fsp3) is 0.238. The van der Waals surface area contributed by atoms with Gasteiger partial charge in [0.1, 0.15) is 0 Å². The Hall–Kier alpha value is -9.12. The Balaban J connectivity index is 0.984. The van der Waals surface area contributed by atoms with Crippen molar-refractivity contribution in [2.24, 2.45) is 0 Å². The number of para-hydroxylation sites is 4. The molecule has 0 saturated heterocycles. The molecule has 88 heavy (non-hydrogen) atoms. The molecule has 0 saturated carbocycles. The van der Waals surface area contributed by atoms with Crippen LogP contribution in [0.3, 0.4) is 0 Å². The number of aromatic nitrogens is 2. The topological polar surface area (TPSA) is 16.3 Å². The first kappa shape index (κ1) is 54.3. The second-order valence-electron chi connectivity index (χ2n) is 26.8. The molecular formula is C84H78N4. The largest absolute Gasteiger partial charge is 0.310 e. The summed E-state index contributed by atoms with van der Waals surface area (Å²) in [5, 5.41) is 13.0. The number of hydrogen-bond donors (Lipinski definition) is 0. The van der Waals surface area contributed by atoms with Crippen LogP contribution in [0.4, 0.5) is 34.1 Å². The molecule has 0 aliphatic heterocycles. The van der Waals surface area contributed by atoms with Gasteiger partial charge in [-0.1, -0.05) is 177 Å². The summed E-state index contributed by atoms with van der Waals surface area (Å²) in [4.78, 5) is 5.38. The maximum Gasteiger partial charge on any atom is 0.0543 e. The van der Waals surface area contributed by atoms with Crippen molar-refractivity contribution < 1.29 is 0 Å². The average Bonchev–Trinajstić information content (AvgIpc) is 0.850. The van der Waals surface area contributed by atoms with Crippen LogP contribution in [0, 0.1) is 0 Å². The van der Waals surface area contributed by atoms with E-state index in [-0.39, 0.29) is 11.8 Å². The van der Waals surface area contributed by atoms with Gasteiger partial charge in [-0.25, -0.2) is 0 Å². The molecule has 14 aromatic rings. The minimum Gasteiger partial charge on any atom is -0.310 e. The van der Waals surface area contributed by atoms with Gasteiger partial charge in [-0.2, -0.15) is 0 Å². The first-order valence-corrected chi connectivity index (χ1v) is 32.9. The standard InChI is InChI=1S/C84H78N4/c1-51(2)59-27-13-17-33-73(59)87-77-35-19-15-31-63(77)71-47-57(39-45-79(71)87)85(75-37-21-25-55-23-9-11-29-61(55)75)81-49-69(53(5)6)65-42-44-68-82(50-70(54(7)8)66-41-43-67(81)83(65)84(66)68)86(76-38-22-26-56-24-10-12-30-62(56)76)58-40-46-80-72(48-58)64-32-16-20-36-78(64)88(80)74-34-18-14-28-60(74)52(3)4/h13-22,25-28,31-54H,9-12,23-24,29-30H2,1-8H3. The van der Waals surface area contributed by atoms with E-state index in [4.69, 9.17) is 0 Å². The molecule has 12 aromatic carbocycles. The molecule has 2 heterocycles. The molecule has 0 radical (unpaired) electrons. The zero-order chi connectivity index (χ0) is 59.6. The van der Waals surface area contributed by atoms with E-state index in [1.54, 1.807) is 0 Å². The van der Waals surface area contributed by atoms with Crippen LogP contribution in [0.5, 0.6) is 0 Å². The predicted octanol–water partition coefficient (Wildman–Crippen LogP) is 24.0. The van der Waals surface area contributed by atoms with E-state index >= 15 is 0 Å². The molecule has 434 valence electrons. The van der Waals surface area contributed by atoms with Crippen molar-refractivity contribution >= 4 is 110 Å². The first-order valence-electron chi connectivity index (χ1n) is 32.9. The number of anilines is 6. The molecule has 2 aliphatic carbocycles. The second kappa shape index (κ2) is 21.3. The second-order valence-corrected chi connectivity index (χ2v) is 26.8. The summed E-state index contributed by atoms with van der Waals surface area (Å²) >= 11 is 0. The molecule has 2 aliphatic rings. The molecule has 0 spiro atoms. The molecule has 4 nitrogen and oxygen atoms in total. The van der Waals surface area contributed by atoms with Gasteiger partial charge in [0, 0.05) is 66.4 Å². The van der Waals surface area contributed by atoms with E-state index in [2.05, 4.69) is 281 Å². The molecule has 0 atom stereocenters. The highest BCUT2D eigenvalue weighted by atomic mass is 15.2. The summed E-state index contributed by atoms with van der Waals surface area (Å²) in [6.45, 7) is 18.9.